The molecule has 0 bridgehead atoms. The van der Waals surface area contributed by atoms with Gasteiger partial charge in [-0.3, -0.25) is 14.9 Å². The number of piperidine rings is 1. The summed E-state index contributed by atoms with van der Waals surface area (Å²) in [5.41, 5.74) is 4.40. The highest BCUT2D eigenvalue weighted by Gasteiger charge is 2.29. The lowest BCUT2D eigenvalue weighted by molar-refractivity contribution is -0.129. The molecule has 1 atom stereocenters. The second-order valence-corrected chi connectivity index (χ2v) is 11.7. The van der Waals surface area contributed by atoms with Gasteiger partial charge in [-0.25, -0.2) is 9.97 Å². The van der Waals surface area contributed by atoms with E-state index in [1.165, 1.54) is 23.6 Å². The number of rotatable bonds is 8. The second-order valence-electron chi connectivity index (χ2n) is 10.9. The molecule has 0 spiro atoms. The number of hydrogen-bond donors (Lipinski definition) is 2. The van der Waals surface area contributed by atoms with Crippen LogP contribution in [0.5, 0.6) is 0 Å². The van der Waals surface area contributed by atoms with Gasteiger partial charge in [0.15, 0.2) is 5.13 Å². The number of benzene rings is 1. The minimum Gasteiger partial charge on any atom is -0.382 e. The molecule has 0 radical (unpaired) electrons. The Bertz CT molecular complexity index is 1540. The lowest BCUT2D eigenvalue weighted by Gasteiger charge is -2.32. The molecule has 2 saturated heterocycles. The average molecular weight is 588 g/mol. The van der Waals surface area contributed by atoms with Crippen LogP contribution in [-0.2, 0) is 11.3 Å². The Balaban J connectivity index is 1.07. The molecule has 3 aromatic heterocycles. The van der Waals surface area contributed by atoms with Crippen LogP contribution in [-0.4, -0.2) is 56.9 Å². The first kappa shape index (κ1) is 27.9. The van der Waals surface area contributed by atoms with Gasteiger partial charge >= 0.3 is 0 Å². The van der Waals surface area contributed by atoms with Gasteiger partial charge in [0.2, 0.25) is 11.9 Å². The highest BCUT2D eigenvalue weighted by Crippen LogP contribution is 2.37. The van der Waals surface area contributed by atoms with E-state index in [1.807, 2.05) is 10.3 Å². The lowest BCUT2D eigenvalue weighted by Crippen LogP contribution is -2.41. The summed E-state index contributed by atoms with van der Waals surface area (Å²) in [4.78, 5) is 37.4. The standard InChI is InChI=1S/C31H34FN7O2S/c1-21(40)37-16-11-24(12-17-37)34-23-6-8-25(9-7-23)39-15-3-4-27(39)26-20-42-31(35-26)36-30(41)28-5-2-14-38(28)19-22-10-13-33-29(32)18-22/h2,5-10,13-14,18,20,24,27,34H,3-4,11-12,15-17,19H2,1H3,(H,35,36,41)/t27-/m1/s1. The summed E-state index contributed by atoms with van der Waals surface area (Å²) in [5.74, 6) is -0.649. The fourth-order valence-electron chi connectivity index (χ4n) is 5.86. The van der Waals surface area contributed by atoms with Gasteiger partial charge in [0.25, 0.3) is 5.91 Å². The summed E-state index contributed by atoms with van der Waals surface area (Å²) in [7, 11) is 0. The number of likely N-dealkylation sites (tertiary alicyclic amines) is 1. The van der Waals surface area contributed by atoms with Gasteiger partial charge in [-0.1, -0.05) is 0 Å². The van der Waals surface area contributed by atoms with Crippen LogP contribution in [0.4, 0.5) is 20.9 Å². The number of thiazole rings is 1. The molecule has 2 amide bonds. The third-order valence-corrected chi connectivity index (χ3v) is 8.83. The number of amides is 2. The quantitative estimate of drug-likeness (QED) is 0.263. The third kappa shape index (κ3) is 6.30. The molecule has 0 aliphatic carbocycles. The zero-order chi connectivity index (χ0) is 29.1. The number of carbonyl (C=O) groups is 2. The lowest BCUT2D eigenvalue weighted by atomic mass is 10.0. The Morgan fingerprint density at radius 2 is 1.88 bits per heavy atom. The zero-order valence-electron chi connectivity index (χ0n) is 23.5. The molecule has 2 fully saturated rings. The maximum Gasteiger partial charge on any atom is 0.274 e. The van der Waals surface area contributed by atoms with Gasteiger partial charge in [0, 0.05) is 68.3 Å². The molecule has 42 heavy (non-hydrogen) atoms. The molecule has 0 saturated carbocycles. The molecular weight excluding hydrogens is 553 g/mol. The van der Waals surface area contributed by atoms with Crippen LogP contribution < -0.4 is 15.5 Å². The molecule has 6 rings (SSSR count). The maximum atomic E-state index is 13.5. The van der Waals surface area contributed by atoms with Crippen molar-refractivity contribution < 1.29 is 14.0 Å². The minimum atomic E-state index is -0.544. The molecule has 1 aromatic carbocycles. The molecular formula is C31H34FN7O2S. The SMILES string of the molecule is CC(=O)N1CCC(Nc2ccc(N3CCC[C@@H]3c3csc(NC(=O)c4cccn4Cc4ccnc(F)c4)n3)cc2)CC1. The van der Waals surface area contributed by atoms with Crippen LogP contribution in [0.3, 0.4) is 0 Å². The van der Waals surface area contributed by atoms with Gasteiger partial charge in [-0.05, 0) is 79.8 Å². The molecule has 0 unspecified atom stereocenters. The van der Waals surface area contributed by atoms with Crippen molar-refractivity contribution in [3.63, 3.8) is 0 Å². The van der Waals surface area contributed by atoms with Gasteiger partial charge in [-0.2, -0.15) is 4.39 Å². The predicted octanol–water partition coefficient (Wildman–Crippen LogP) is 5.54. The zero-order valence-corrected chi connectivity index (χ0v) is 24.3. The predicted molar refractivity (Wildman–Crippen MR) is 162 cm³/mol. The summed E-state index contributed by atoms with van der Waals surface area (Å²) >= 11 is 1.42. The minimum absolute atomic E-state index is 0.145. The van der Waals surface area contributed by atoms with Crippen molar-refractivity contribution in [3.8, 4) is 0 Å². The average Bonchev–Trinajstić information content (AvgIpc) is 3.75. The smallest absolute Gasteiger partial charge is 0.274 e. The molecule has 11 heteroatoms. The summed E-state index contributed by atoms with van der Waals surface area (Å²) in [6.07, 6.45) is 7.20. The maximum absolute atomic E-state index is 13.5. The van der Waals surface area contributed by atoms with E-state index >= 15 is 0 Å². The van der Waals surface area contributed by atoms with E-state index in [2.05, 4.69) is 44.8 Å². The Labute approximate surface area is 248 Å². The Morgan fingerprint density at radius 1 is 1.07 bits per heavy atom. The summed E-state index contributed by atoms with van der Waals surface area (Å²) < 4.78 is 15.3. The summed E-state index contributed by atoms with van der Waals surface area (Å²) in [5, 5.41) is 9.16. The first-order valence-corrected chi connectivity index (χ1v) is 15.2. The van der Waals surface area contributed by atoms with Crippen LogP contribution in [0.2, 0.25) is 0 Å². The molecule has 218 valence electrons. The molecule has 2 N–H and O–H groups in total. The van der Waals surface area contributed by atoms with E-state index in [4.69, 9.17) is 4.98 Å². The van der Waals surface area contributed by atoms with E-state index in [-0.39, 0.29) is 17.9 Å². The third-order valence-electron chi connectivity index (χ3n) is 8.05. The number of halogens is 1. The van der Waals surface area contributed by atoms with Gasteiger partial charge in [-0.15, -0.1) is 11.3 Å². The van der Waals surface area contributed by atoms with Crippen LogP contribution in [0.1, 0.15) is 60.4 Å². The highest BCUT2D eigenvalue weighted by atomic mass is 32.1. The molecule has 4 aromatic rings. The Morgan fingerprint density at radius 3 is 2.64 bits per heavy atom. The number of carbonyl (C=O) groups excluding carboxylic acids is 2. The summed E-state index contributed by atoms with van der Waals surface area (Å²) in [6.45, 7) is 4.55. The number of aromatic nitrogens is 3. The number of nitrogens with one attached hydrogen (secondary N) is 2. The van der Waals surface area contributed by atoms with Gasteiger partial charge in [0.1, 0.15) is 5.69 Å². The molecule has 2 aliphatic rings. The van der Waals surface area contributed by atoms with Crippen molar-refractivity contribution in [2.24, 2.45) is 0 Å². The normalized spacial score (nSPS) is 17.4. The van der Waals surface area contributed by atoms with E-state index < -0.39 is 5.95 Å². The Hall–Kier alpha value is -4.25. The Kier molecular flexibility index (Phi) is 8.18. The van der Waals surface area contributed by atoms with Gasteiger partial charge in [0.05, 0.1) is 11.7 Å². The fraction of sp³-hybridized carbons (Fsp3) is 0.355. The fourth-order valence-corrected chi connectivity index (χ4v) is 6.61. The van der Waals surface area contributed by atoms with Crippen molar-refractivity contribution in [2.75, 3.05) is 35.2 Å². The van der Waals surface area contributed by atoms with E-state index in [1.54, 1.807) is 35.9 Å². The van der Waals surface area contributed by atoms with E-state index in [0.29, 0.717) is 23.4 Å². The first-order valence-electron chi connectivity index (χ1n) is 14.3. The highest BCUT2D eigenvalue weighted by molar-refractivity contribution is 7.14. The van der Waals surface area contributed by atoms with E-state index in [9.17, 15) is 14.0 Å². The number of nitrogens with zero attached hydrogens (tertiary/aromatic N) is 5. The van der Waals surface area contributed by atoms with Gasteiger partial charge < -0.3 is 19.7 Å². The van der Waals surface area contributed by atoms with Crippen LogP contribution >= 0.6 is 11.3 Å². The largest absolute Gasteiger partial charge is 0.382 e. The molecule has 5 heterocycles. The summed E-state index contributed by atoms with van der Waals surface area (Å²) in [6, 6.07) is 15.7. The number of hydrogen-bond acceptors (Lipinski definition) is 7. The molecule has 2 aliphatic heterocycles. The first-order chi connectivity index (χ1) is 20.4. The number of pyridine rings is 1. The van der Waals surface area contributed by atoms with Crippen molar-refractivity contribution in [3.05, 3.63) is 89.2 Å². The van der Waals surface area contributed by atoms with Crippen molar-refractivity contribution in [1.29, 1.82) is 0 Å². The second kappa shape index (κ2) is 12.3. The van der Waals surface area contributed by atoms with Crippen LogP contribution in [0.15, 0.2) is 66.3 Å². The van der Waals surface area contributed by atoms with E-state index in [0.717, 1.165) is 67.9 Å². The molecule has 9 nitrogen and oxygen atoms in total. The monoisotopic (exact) mass is 587 g/mol. The topological polar surface area (TPSA) is 95.4 Å². The van der Waals surface area contributed by atoms with Crippen molar-refractivity contribution in [2.45, 2.75) is 51.2 Å². The number of anilines is 3. The van der Waals surface area contributed by atoms with Crippen LogP contribution in [0.25, 0.3) is 0 Å². The van der Waals surface area contributed by atoms with Crippen molar-refractivity contribution >= 4 is 39.7 Å². The van der Waals surface area contributed by atoms with Crippen molar-refractivity contribution in [1.82, 2.24) is 19.4 Å². The van der Waals surface area contributed by atoms with Crippen LogP contribution in [0, 0.1) is 5.95 Å².